The minimum absolute atomic E-state index is 0.0192. The van der Waals surface area contributed by atoms with Crippen LogP contribution in [0.25, 0.3) is 0 Å². The average Bonchev–Trinajstić information content (AvgIpc) is 3.16. The van der Waals surface area contributed by atoms with Gasteiger partial charge in [0.15, 0.2) is 0 Å². The maximum Gasteiger partial charge on any atom is 0.261 e. The zero-order valence-electron chi connectivity index (χ0n) is 18.2. The van der Waals surface area contributed by atoms with Crippen molar-refractivity contribution in [3.63, 3.8) is 0 Å². The van der Waals surface area contributed by atoms with E-state index in [9.17, 15) is 9.59 Å². The van der Waals surface area contributed by atoms with Crippen LogP contribution in [0.3, 0.4) is 0 Å². The number of likely N-dealkylation sites (tertiary alicyclic amines) is 1. The molecule has 3 rings (SSSR count). The van der Waals surface area contributed by atoms with Gasteiger partial charge in [0, 0.05) is 30.6 Å². The lowest BCUT2D eigenvalue weighted by Crippen LogP contribution is -2.47. The van der Waals surface area contributed by atoms with Crippen molar-refractivity contribution in [1.29, 1.82) is 0 Å². The zero-order chi connectivity index (χ0) is 21.5. The van der Waals surface area contributed by atoms with Crippen LogP contribution in [0.2, 0.25) is 0 Å². The maximum absolute atomic E-state index is 12.3. The van der Waals surface area contributed by atoms with E-state index in [-0.39, 0.29) is 17.9 Å². The van der Waals surface area contributed by atoms with E-state index >= 15 is 0 Å². The van der Waals surface area contributed by atoms with Crippen molar-refractivity contribution in [2.45, 2.75) is 52.0 Å². The van der Waals surface area contributed by atoms with E-state index in [0.717, 1.165) is 42.1 Å². The highest BCUT2D eigenvalue weighted by Gasteiger charge is 2.22. The second-order valence-electron chi connectivity index (χ2n) is 8.43. The molecule has 6 heteroatoms. The number of piperidine rings is 1. The number of carbonyl (C=O) groups excluding carboxylic acids is 2. The fraction of sp³-hybridized carbons (Fsp3) is 0.500. The van der Waals surface area contributed by atoms with Crippen LogP contribution in [-0.2, 0) is 11.2 Å². The molecule has 1 aromatic carbocycles. The molecule has 0 aliphatic carbocycles. The van der Waals surface area contributed by atoms with Gasteiger partial charge in [-0.3, -0.25) is 14.5 Å². The molecule has 0 spiro atoms. The number of nitrogens with zero attached hydrogens (tertiary/aromatic N) is 1. The van der Waals surface area contributed by atoms with Crippen molar-refractivity contribution in [2.75, 3.05) is 26.2 Å². The molecule has 1 aromatic heterocycles. The van der Waals surface area contributed by atoms with Crippen LogP contribution in [0, 0.1) is 6.92 Å². The topological polar surface area (TPSA) is 61.4 Å². The molecule has 2 N–H and O–H groups in total. The lowest BCUT2D eigenvalue weighted by atomic mass is 10.0. The SMILES string of the molecule is Cc1ccc(C(=O)NC2CCN(CC(=O)NCCc3ccc(C(C)C)cc3)CC2)s1. The van der Waals surface area contributed by atoms with E-state index in [1.54, 1.807) is 0 Å². The number of benzene rings is 1. The molecule has 1 saturated heterocycles. The molecule has 1 aliphatic heterocycles. The Morgan fingerprint density at radius 1 is 1.10 bits per heavy atom. The van der Waals surface area contributed by atoms with Crippen molar-refractivity contribution in [2.24, 2.45) is 0 Å². The van der Waals surface area contributed by atoms with E-state index in [0.29, 0.717) is 19.0 Å². The van der Waals surface area contributed by atoms with E-state index in [2.05, 4.69) is 53.6 Å². The molecule has 1 aliphatic rings. The summed E-state index contributed by atoms with van der Waals surface area (Å²) in [6.07, 6.45) is 2.61. The summed E-state index contributed by atoms with van der Waals surface area (Å²) in [4.78, 5) is 28.7. The Kier molecular flexibility index (Phi) is 8.05. The second-order valence-corrected chi connectivity index (χ2v) is 9.72. The molecule has 1 fully saturated rings. The van der Waals surface area contributed by atoms with Gasteiger partial charge >= 0.3 is 0 Å². The molecule has 2 aromatic rings. The van der Waals surface area contributed by atoms with Crippen LogP contribution < -0.4 is 10.6 Å². The smallest absolute Gasteiger partial charge is 0.261 e. The number of thiophene rings is 1. The third kappa shape index (κ3) is 6.67. The minimum Gasteiger partial charge on any atom is -0.355 e. The number of amides is 2. The number of aryl methyl sites for hydroxylation is 1. The van der Waals surface area contributed by atoms with Gasteiger partial charge in [-0.1, -0.05) is 38.1 Å². The number of hydrogen-bond acceptors (Lipinski definition) is 4. The van der Waals surface area contributed by atoms with Crippen LogP contribution >= 0.6 is 11.3 Å². The van der Waals surface area contributed by atoms with E-state index in [4.69, 9.17) is 0 Å². The summed E-state index contributed by atoms with van der Waals surface area (Å²) >= 11 is 1.53. The Labute approximate surface area is 183 Å². The first-order valence-corrected chi connectivity index (χ1v) is 11.7. The zero-order valence-corrected chi connectivity index (χ0v) is 19.1. The van der Waals surface area contributed by atoms with Gasteiger partial charge in [-0.15, -0.1) is 11.3 Å². The van der Waals surface area contributed by atoms with Gasteiger partial charge in [-0.05, 0) is 55.4 Å². The van der Waals surface area contributed by atoms with E-state index in [1.807, 2.05) is 19.1 Å². The quantitative estimate of drug-likeness (QED) is 0.675. The van der Waals surface area contributed by atoms with E-state index in [1.165, 1.54) is 22.5 Å². The molecule has 0 radical (unpaired) electrons. The molecule has 2 heterocycles. The first-order valence-electron chi connectivity index (χ1n) is 10.9. The Hall–Kier alpha value is -2.18. The minimum atomic E-state index is 0.0192. The lowest BCUT2D eigenvalue weighted by Gasteiger charge is -2.31. The normalized spacial score (nSPS) is 15.3. The van der Waals surface area contributed by atoms with Crippen LogP contribution in [0.1, 0.15) is 58.3 Å². The molecule has 162 valence electrons. The number of nitrogens with one attached hydrogen (secondary N) is 2. The van der Waals surface area contributed by atoms with Crippen LogP contribution in [0.4, 0.5) is 0 Å². The summed E-state index contributed by atoms with van der Waals surface area (Å²) in [5.74, 6) is 0.632. The van der Waals surface area contributed by atoms with Crippen LogP contribution in [0.15, 0.2) is 36.4 Å². The molecule has 5 nitrogen and oxygen atoms in total. The summed E-state index contributed by atoms with van der Waals surface area (Å²) < 4.78 is 0. The number of hydrogen-bond donors (Lipinski definition) is 2. The van der Waals surface area contributed by atoms with Gasteiger partial charge in [-0.25, -0.2) is 0 Å². The summed E-state index contributed by atoms with van der Waals surface area (Å²) in [6, 6.07) is 12.7. The van der Waals surface area contributed by atoms with Crippen molar-refractivity contribution in [1.82, 2.24) is 15.5 Å². The van der Waals surface area contributed by atoms with Gasteiger partial charge in [0.05, 0.1) is 11.4 Å². The Bertz CT molecular complexity index is 836. The molecule has 30 heavy (non-hydrogen) atoms. The van der Waals surface area contributed by atoms with Gasteiger partial charge in [-0.2, -0.15) is 0 Å². The van der Waals surface area contributed by atoms with Gasteiger partial charge in [0.25, 0.3) is 5.91 Å². The molecule has 0 bridgehead atoms. The number of carbonyl (C=O) groups is 2. The largest absolute Gasteiger partial charge is 0.355 e. The highest BCUT2D eigenvalue weighted by Crippen LogP contribution is 2.17. The van der Waals surface area contributed by atoms with Gasteiger partial charge in [0.1, 0.15) is 0 Å². The fourth-order valence-corrected chi connectivity index (χ4v) is 4.49. The second kappa shape index (κ2) is 10.7. The first-order chi connectivity index (χ1) is 14.4. The third-order valence-electron chi connectivity index (χ3n) is 5.64. The molecule has 0 unspecified atom stereocenters. The predicted octanol–water partition coefficient (Wildman–Crippen LogP) is 3.73. The van der Waals surface area contributed by atoms with Gasteiger partial charge in [0.2, 0.25) is 5.91 Å². The summed E-state index contributed by atoms with van der Waals surface area (Å²) in [7, 11) is 0. The lowest BCUT2D eigenvalue weighted by molar-refractivity contribution is -0.122. The maximum atomic E-state index is 12.3. The Morgan fingerprint density at radius 2 is 1.80 bits per heavy atom. The monoisotopic (exact) mass is 427 g/mol. The van der Waals surface area contributed by atoms with Crippen molar-refractivity contribution in [3.05, 3.63) is 57.3 Å². The van der Waals surface area contributed by atoms with Crippen LogP contribution in [0.5, 0.6) is 0 Å². The summed E-state index contributed by atoms with van der Waals surface area (Å²) in [5.41, 5.74) is 2.59. The molecule has 2 amide bonds. The molecule has 0 saturated carbocycles. The summed E-state index contributed by atoms with van der Waals surface area (Å²) in [6.45, 7) is 9.14. The highest BCUT2D eigenvalue weighted by molar-refractivity contribution is 7.13. The molecular weight excluding hydrogens is 394 g/mol. The molecule has 0 atom stereocenters. The van der Waals surface area contributed by atoms with Crippen molar-refractivity contribution in [3.8, 4) is 0 Å². The Morgan fingerprint density at radius 3 is 2.40 bits per heavy atom. The number of rotatable bonds is 8. The first kappa shape index (κ1) is 22.5. The highest BCUT2D eigenvalue weighted by atomic mass is 32.1. The van der Waals surface area contributed by atoms with Crippen LogP contribution in [-0.4, -0.2) is 48.9 Å². The summed E-state index contributed by atoms with van der Waals surface area (Å²) in [5, 5.41) is 6.16. The predicted molar refractivity (Wildman–Crippen MR) is 123 cm³/mol. The van der Waals surface area contributed by atoms with Gasteiger partial charge < -0.3 is 10.6 Å². The van der Waals surface area contributed by atoms with Crippen molar-refractivity contribution >= 4 is 23.2 Å². The van der Waals surface area contributed by atoms with Crippen molar-refractivity contribution < 1.29 is 9.59 Å². The average molecular weight is 428 g/mol. The fourth-order valence-electron chi connectivity index (χ4n) is 3.72. The third-order valence-corrected chi connectivity index (χ3v) is 6.64. The Balaban J connectivity index is 1.32. The van der Waals surface area contributed by atoms with E-state index < -0.39 is 0 Å². The molecular formula is C24H33N3O2S. The standard InChI is InChI=1S/C24H33N3O2S/c1-17(2)20-7-5-19(6-8-20)10-13-25-23(28)16-27-14-11-21(12-15-27)26-24(29)22-9-4-18(3)30-22/h4-9,17,21H,10-16H2,1-3H3,(H,25,28)(H,26,29).